The predicted octanol–water partition coefficient (Wildman–Crippen LogP) is 1.57. The average Bonchev–Trinajstić information content (AvgIpc) is 2.66. The lowest BCUT2D eigenvalue weighted by molar-refractivity contribution is 0.168. The zero-order chi connectivity index (χ0) is 11.7. The summed E-state index contributed by atoms with van der Waals surface area (Å²) in [6, 6.07) is 1.22. The van der Waals surface area contributed by atoms with Gasteiger partial charge in [-0.1, -0.05) is 0 Å². The second kappa shape index (κ2) is 4.57. The highest BCUT2D eigenvalue weighted by Gasteiger charge is 2.26. The Kier molecular flexibility index (Phi) is 3.32. The second-order valence-corrected chi connectivity index (χ2v) is 4.19. The maximum atomic E-state index is 13.7. The monoisotopic (exact) mass is 291 g/mol. The van der Waals surface area contributed by atoms with E-state index in [-0.39, 0.29) is 18.9 Å². The summed E-state index contributed by atoms with van der Waals surface area (Å²) >= 11 is 3.22. The summed E-state index contributed by atoms with van der Waals surface area (Å²) in [7, 11) is 1.68. The lowest BCUT2D eigenvalue weighted by Crippen LogP contribution is -2.18. The highest BCUT2D eigenvalue weighted by Crippen LogP contribution is 2.44. The van der Waals surface area contributed by atoms with Crippen LogP contribution in [0.15, 0.2) is 10.5 Å². The Balaban J connectivity index is 2.45. The van der Waals surface area contributed by atoms with Crippen molar-refractivity contribution in [2.24, 2.45) is 0 Å². The number of nitrogens with one attached hydrogen (secondary N) is 1. The zero-order valence-electron chi connectivity index (χ0n) is 8.59. The molecule has 0 fully saturated rings. The van der Waals surface area contributed by atoms with Crippen molar-refractivity contribution in [3.63, 3.8) is 0 Å². The maximum Gasteiger partial charge on any atom is 0.231 e. The Morgan fingerprint density at radius 1 is 1.62 bits per heavy atom. The van der Waals surface area contributed by atoms with Crippen molar-refractivity contribution in [3.8, 4) is 11.5 Å². The molecule has 1 atom stereocenters. The van der Waals surface area contributed by atoms with Gasteiger partial charge in [0.05, 0.1) is 10.6 Å². The van der Waals surface area contributed by atoms with Crippen molar-refractivity contribution in [2.45, 2.75) is 6.10 Å². The molecule has 1 heterocycles. The Morgan fingerprint density at radius 2 is 2.38 bits per heavy atom. The summed E-state index contributed by atoms with van der Waals surface area (Å²) in [6.07, 6.45) is -0.936. The van der Waals surface area contributed by atoms with E-state index in [9.17, 15) is 9.50 Å². The first-order valence-corrected chi connectivity index (χ1v) is 5.54. The molecule has 0 aliphatic carbocycles. The summed E-state index contributed by atoms with van der Waals surface area (Å²) in [5, 5.41) is 12.6. The smallest absolute Gasteiger partial charge is 0.231 e. The minimum atomic E-state index is -0.936. The highest BCUT2D eigenvalue weighted by molar-refractivity contribution is 9.10. The number of hydrogen-bond acceptors (Lipinski definition) is 4. The number of benzene rings is 1. The van der Waals surface area contributed by atoms with Crippen LogP contribution in [0.1, 0.15) is 11.7 Å². The van der Waals surface area contributed by atoms with E-state index in [0.29, 0.717) is 16.0 Å². The van der Waals surface area contributed by atoms with E-state index < -0.39 is 11.9 Å². The van der Waals surface area contributed by atoms with Gasteiger partial charge in [-0.05, 0) is 23.0 Å². The fourth-order valence-electron chi connectivity index (χ4n) is 1.59. The van der Waals surface area contributed by atoms with Gasteiger partial charge in [0.25, 0.3) is 0 Å². The summed E-state index contributed by atoms with van der Waals surface area (Å²) in [5.74, 6) is 0.273. The molecule has 4 nitrogen and oxygen atoms in total. The molecule has 0 bridgehead atoms. The predicted molar refractivity (Wildman–Crippen MR) is 59.1 cm³/mol. The first-order valence-electron chi connectivity index (χ1n) is 4.75. The summed E-state index contributed by atoms with van der Waals surface area (Å²) in [4.78, 5) is 0. The highest BCUT2D eigenvalue weighted by atomic mass is 79.9. The van der Waals surface area contributed by atoms with Crippen molar-refractivity contribution >= 4 is 15.9 Å². The number of rotatable bonds is 3. The number of fused-ring (bicyclic) bond motifs is 1. The summed E-state index contributed by atoms with van der Waals surface area (Å²) in [6.45, 7) is 0.327. The molecule has 0 amide bonds. The second-order valence-electron chi connectivity index (χ2n) is 3.39. The minimum absolute atomic E-state index is 0.0684. The molecule has 6 heteroatoms. The van der Waals surface area contributed by atoms with Crippen LogP contribution in [0.25, 0.3) is 0 Å². The molecule has 0 saturated heterocycles. The standard InChI is InChI=1S/C10H11BrFNO3/c1-13-3-6(14)8-5(12)2-7-10(9(8)11)16-4-15-7/h2,6,13-14H,3-4H2,1H3. The molecule has 2 rings (SSSR count). The van der Waals surface area contributed by atoms with Gasteiger partial charge in [0.2, 0.25) is 6.79 Å². The molecule has 0 spiro atoms. The van der Waals surface area contributed by atoms with E-state index in [0.717, 1.165) is 0 Å². The number of likely N-dealkylation sites (N-methyl/N-ethyl adjacent to an activating group) is 1. The van der Waals surface area contributed by atoms with E-state index in [2.05, 4.69) is 21.2 Å². The summed E-state index contributed by atoms with van der Waals surface area (Å²) in [5.41, 5.74) is 0.179. The van der Waals surface area contributed by atoms with Crippen molar-refractivity contribution in [1.29, 1.82) is 0 Å². The molecular weight excluding hydrogens is 281 g/mol. The van der Waals surface area contributed by atoms with Crippen molar-refractivity contribution < 1.29 is 19.0 Å². The fraction of sp³-hybridized carbons (Fsp3) is 0.400. The van der Waals surface area contributed by atoms with Gasteiger partial charge >= 0.3 is 0 Å². The van der Waals surface area contributed by atoms with Crippen molar-refractivity contribution in [1.82, 2.24) is 5.32 Å². The van der Waals surface area contributed by atoms with Gasteiger partial charge in [-0.3, -0.25) is 0 Å². The third kappa shape index (κ3) is 1.88. The van der Waals surface area contributed by atoms with Gasteiger partial charge in [-0.25, -0.2) is 4.39 Å². The minimum Gasteiger partial charge on any atom is -0.453 e. The normalized spacial score (nSPS) is 15.2. The summed E-state index contributed by atoms with van der Waals surface area (Å²) < 4.78 is 24.4. The molecule has 0 radical (unpaired) electrons. The van der Waals surface area contributed by atoms with Gasteiger partial charge in [-0.15, -0.1) is 0 Å². The number of aliphatic hydroxyl groups excluding tert-OH is 1. The average molecular weight is 292 g/mol. The maximum absolute atomic E-state index is 13.7. The van der Waals surface area contributed by atoms with Crippen LogP contribution in [0.3, 0.4) is 0 Å². The number of hydrogen-bond donors (Lipinski definition) is 2. The van der Waals surface area contributed by atoms with Gasteiger partial charge < -0.3 is 19.9 Å². The van der Waals surface area contributed by atoms with Crippen LogP contribution in [-0.2, 0) is 0 Å². The zero-order valence-corrected chi connectivity index (χ0v) is 10.2. The van der Waals surface area contributed by atoms with E-state index >= 15 is 0 Å². The molecule has 1 aliphatic heterocycles. The number of aliphatic hydroxyl groups is 1. The quantitative estimate of drug-likeness (QED) is 0.888. The fourth-order valence-corrected chi connectivity index (χ4v) is 2.35. The van der Waals surface area contributed by atoms with Crippen LogP contribution < -0.4 is 14.8 Å². The molecule has 2 N–H and O–H groups in total. The first kappa shape index (κ1) is 11.6. The topological polar surface area (TPSA) is 50.7 Å². The molecule has 0 aromatic heterocycles. The SMILES string of the molecule is CNCC(O)c1c(F)cc2c(c1Br)OCO2. The Hall–Kier alpha value is -0.850. The molecule has 1 aliphatic rings. The van der Waals surface area contributed by atoms with Crippen LogP contribution in [-0.4, -0.2) is 25.5 Å². The Bertz CT molecular complexity index is 414. The van der Waals surface area contributed by atoms with E-state index in [1.807, 2.05) is 0 Å². The van der Waals surface area contributed by atoms with Gasteiger partial charge in [-0.2, -0.15) is 0 Å². The van der Waals surface area contributed by atoms with E-state index in [1.165, 1.54) is 6.07 Å². The third-order valence-electron chi connectivity index (χ3n) is 2.32. The van der Waals surface area contributed by atoms with Gasteiger partial charge in [0.15, 0.2) is 11.5 Å². The first-order chi connectivity index (χ1) is 7.65. The van der Waals surface area contributed by atoms with Crippen molar-refractivity contribution in [3.05, 3.63) is 21.9 Å². The van der Waals surface area contributed by atoms with E-state index in [4.69, 9.17) is 9.47 Å². The lowest BCUT2D eigenvalue weighted by atomic mass is 10.1. The Morgan fingerprint density at radius 3 is 3.06 bits per heavy atom. The number of ether oxygens (including phenoxy) is 2. The molecule has 0 saturated carbocycles. The van der Waals surface area contributed by atoms with Gasteiger partial charge in [0.1, 0.15) is 5.82 Å². The van der Waals surface area contributed by atoms with E-state index in [1.54, 1.807) is 7.05 Å². The largest absolute Gasteiger partial charge is 0.453 e. The molecule has 1 aromatic rings. The molecule has 1 unspecified atom stereocenters. The van der Waals surface area contributed by atoms with Gasteiger partial charge in [0, 0.05) is 18.2 Å². The van der Waals surface area contributed by atoms with Crippen LogP contribution in [0.4, 0.5) is 4.39 Å². The van der Waals surface area contributed by atoms with Crippen LogP contribution >= 0.6 is 15.9 Å². The lowest BCUT2D eigenvalue weighted by Gasteiger charge is -2.14. The molecular formula is C10H11BrFNO3. The van der Waals surface area contributed by atoms with Crippen LogP contribution in [0.2, 0.25) is 0 Å². The number of halogens is 2. The van der Waals surface area contributed by atoms with Crippen molar-refractivity contribution in [2.75, 3.05) is 20.4 Å². The van der Waals surface area contributed by atoms with Crippen LogP contribution in [0, 0.1) is 5.82 Å². The molecule has 1 aromatic carbocycles. The van der Waals surface area contributed by atoms with Crippen LogP contribution in [0.5, 0.6) is 11.5 Å². The third-order valence-corrected chi connectivity index (χ3v) is 3.11. The molecule has 88 valence electrons. The Labute approximate surface area is 100 Å². The molecule has 16 heavy (non-hydrogen) atoms.